The van der Waals surface area contributed by atoms with E-state index >= 15 is 0 Å². The van der Waals surface area contributed by atoms with Crippen LogP contribution in [0.25, 0.3) is 17.0 Å². The Morgan fingerprint density at radius 3 is 2.47 bits per heavy atom. The van der Waals surface area contributed by atoms with E-state index in [1.807, 2.05) is 43.3 Å². The van der Waals surface area contributed by atoms with Crippen LogP contribution in [-0.4, -0.2) is 10.5 Å². The Morgan fingerprint density at radius 2 is 1.78 bits per heavy atom. The summed E-state index contributed by atoms with van der Waals surface area (Å²) < 4.78 is 3.24. The highest BCUT2D eigenvalue weighted by Crippen LogP contribution is 2.29. The number of hydrogen-bond acceptors (Lipinski definition) is 2. The highest BCUT2D eigenvalue weighted by Gasteiger charge is 2.16. The van der Waals surface area contributed by atoms with Gasteiger partial charge in [0, 0.05) is 43.9 Å². The van der Waals surface area contributed by atoms with Crippen molar-refractivity contribution in [2.75, 3.05) is 5.32 Å². The normalized spacial score (nSPS) is 11.4. The molecule has 1 amide bonds. The molecular formula is C26H19BrClN3O. The minimum absolute atomic E-state index is 0.0367. The highest BCUT2D eigenvalue weighted by molar-refractivity contribution is 9.10. The number of carbonyl (C=O) groups excluding carboxylic acids is 1. The molecular weight excluding hydrogens is 486 g/mol. The maximum Gasteiger partial charge on any atom is 0.266 e. The number of nitriles is 1. The van der Waals surface area contributed by atoms with Gasteiger partial charge in [-0.05, 0) is 61.0 Å². The van der Waals surface area contributed by atoms with E-state index in [2.05, 4.69) is 44.0 Å². The summed E-state index contributed by atoms with van der Waals surface area (Å²) in [7, 11) is 0. The second kappa shape index (κ2) is 9.44. The van der Waals surface area contributed by atoms with Crippen molar-refractivity contribution in [3.8, 4) is 6.07 Å². The highest BCUT2D eigenvalue weighted by atomic mass is 79.9. The number of nitrogens with zero attached hydrogens (tertiary/aromatic N) is 2. The third-order valence-electron chi connectivity index (χ3n) is 5.29. The van der Waals surface area contributed by atoms with E-state index in [4.69, 9.17) is 11.6 Å². The van der Waals surface area contributed by atoms with Crippen LogP contribution in [0.15, 0.2) is 82.8 Å². The number of rotatable bonds is 5. The molecule has 6 heteroatoms. The van der Waals surface area contributed by atoms with Gasteiger partial charge in [0.1, 0.15) is 11.6 Å². The van der Waals surface area contributed by atoms with Gasteiger partial charge in [-0.25, -0.2) is 0 Å². The van der Waals surface area contributed by atoms with Gasteiger partial charge in [-0.1, -0.05) is 57.9 Å². The van der Waals surface area contributed by atoms with Crippen LogP contribution in [0.1, 0.15) is 16.8 Å². The first-order valence-electron chi connectivity index (χ1n) is 9.97. The number of hydrogen-bond donors (Lipinski definition) is 1. The first-order chi connectivity index (χ1) is 15.5. The number of fused-ring (bicyclic) bond motifs is 1. The van der Waals surface area contributed by atoms with Gasteiger partial charge >= 0.3 is 0 Å². The van der Waals surface area contributed by atoms with Crippen LogP contribution in [0.4, 0.5) is 5.69 Å². The molecule has 32 heavy (non-hydrogen) atoms. The molecule has 1 N–H and O–H groups in total. The lowest BCUT2D eigenvalue weighted by Crippen LogP contribution is -2.13. The molecule has 0 aliphatic heterocycles. The van der Waals surface area contributed by atoms with Crippen molar-refractivity contribution < 1.29 is 4.79 Å². The fourth-order valence-corrected chi connectivity index (χ4v) is 4.03. The molecule has 3 aromatic carbocycles. The topological polar surface area (TPSA) is 57.8 Å². The average Bonchev–Trinajstić information content (AvgIpc) is 3.06. The van der Waals surface area contributed by atoms with Crippen molar-refractivity contribution in [2.24, 2.45) is 0 Å². The number of halogens is 2. The van der Waals surface area contributed by atoms with Crippen LogP contribution < -0.4 is 5.32 Å². The number of amides is 1. The number of carbonyl (C=O) groups is 1. The molecule has 0 spiro atoms. The van der Waals surface area contributed by atoms with Crippen molar-refractivity contribution in [2.45, 2.75) is 13.5 Å². The van der Waals surface area contributed by atoms with Gasteiger partial charge in [0.2, 0.25) is 0 Å². The van der Waals surface area contributed by atoms with E-state index in [0.717, 1.165) is 32.2 Å². The fourth-order valence-electron chi connectivity index (χ4n) is 3.64. The van der Waals surface area contributed by atoms with E-state index in [9.17, 15) is 10.1 Å². The van der Waals surface area contributed by atoms with Gasteiger partial charge in [-0.3, -0.25) is 4.79 Å². The Hall–Kier alpha value is -3.33. The Balaban J connectivity index is 1.72. The second-order valence-electron chi connectivity index (χ2n) is 7.36. The number of para-hydroxylation sites is 1. The van der Waals surface area contributed by atoms with Crippen LogP contribution in [0.5, 0.6) is 0 Å². The minimum Gasteiger partial charge on any atom is -0.340 e. The quantitative estimate of drug-likeness (QED) is 0.236. The van der Waals surface area contributed by atoms with Crippen molar-refractivity contribution >= 4 is 56.1 Å². The van der Waals surface area contributed by atoms with Gasteiger partial charge in [-0.2, -0.15) is 5.26 Å². The number of benzene rings is 3. The summed E-state index contributed by atoms with van der Waals surface area (Å²) >= 11 is 9.38. The fraction of sp³-hybridized carbons (Fsp3) is 0.0769. The lowest BCUT2D eigenvalue weighted by molar-refractivity contribution is -0.112. The third kappa shape index (κ3) is 4.62. The smallest absolute Gasteiger partial charge is 0.266 e. The molecule has 0 atom stereocenters. The lowest BCUT2D eigenvalue weighted by atomic mass is 10.1. The molecule has 0 fully saturated rings. The molecule has 0 saturated carbocycles. The predicted molar refractivity (Wildman–Crippen MR) is 134 cm³/mol. The molecule has 158 valence electrons. The van der Waals surface area contributed by atoms with Gasteiger partial charge < -0.3 is 9.88 Å². The van der Waals surface area contributed by atoms with E-state index < -0.39 is 5.91 Å². The number of nitrogens with one attached hydrogen (secondary N) is 1. The minimum atomic E-state index is -0.459. The van der Waals surface area contributed by atoms with Gasteiger partial charge in [-0.15, -0.1) is 0 Å². The maximum atomic E-state index is 12.8. The zero-order chi connectivity index (χ0) is 22.7. The van der Waals surface area contributed by atoms with Gasteiger partial charge in [0.25, 0.3) is 5.91 Å². The van der Waals surface area contributed by atoms with Crippen molar-refractivity contribution in [1.82, 2.24) is 4.57 Å². The molecule has 0 aliphatic rings. The van der Waals surface area contributed by atoms with Gasteiger partial charge in [0.05, 0.1) is 0 Å². The summed E-state index contributed by atoms with van der Waals surface area (Å²) in [6.07, 6.45) is 1.67. The summed E-state index contributed by atoms with van der Waals surface area (Å²) in [6.45, 7) is 2.70. The number of anilines is 1. The first-order valence-corrected chi connectivity index (χ1v) is 11.1. The third-order valence-corrected chi connectivity index (χ3v) is 6.07. The zero-order valence-electron chi connectivity index (χ0n) is 17.3. The van der Waals surface area contributed by atoms with Crippen LogP contribution in [-0.2, 0) is 11.3 Å². The number of aromatic nitrogens is 1. The van der Waals surface area contributed by atoms with Crippen LogP contribution in [0.3, 0.4) is 0 Å². The lowest BCUT2D eigenvalue weighted by Gasteiger charge is -2.09. The second-order valence-corrected chi connectivity index (χ2v) is 8.71. The maximum absolute atomic E-state index is 12.8. The Morgan fingerprint density at radius 1 is 1.09 bits per heavy atom. The Bertz CT molecular complexity index is 1360. The van der Waals surface area contributed by atoms with Crippen molar-refractivity contribution in [3.63, 3.8) is 0 Å². The van der Waals surface area contributed by atoms with Crippen LogP contribution in [0, 0.1) is 18.3 Å². The van der Waals surface area contributed by atoms with Crippen molar-refractivity contribution in [1.29, 1.82) is 5.26 Å². The van der Waals surface area contributed by atoms with E-state index in [1.165, 1.54) is 0 Å². The van der Waals surface area contributed by atoms with Crippen LogP contribution in [0.2, 0.25) is 5.02 Å². The Labute approximate surface area is 199 Å². The molecule has 1 heterocycles. The molecule has 0 aliphatic carbocycles. The standard InChI is InChI=1S/C26H19BrClN3O/c1-17-24(14-19(15-29)26(32)30-22-12-10-21(28)11-13-22)23-4-2-3-5-25(23)31(17)16-18-6-8-20(27)9-7-18/h2-14H,16H2,1H3,(H,30,32)/b19-14-. The summed E-state index contributed by atoms with van der Waals surface area (Å²) in [5.41, 5.74) is 4.68. The summed E-state index contributed by atoms with van der Waals surface area (Å²) in [5.74, 6) is -0.459. The predicted octanol–water partition coefficient (Wildman–Crippen LogP) is 6.96. The van der Waals surface area contributed by atoms with E-state index in [-0.39, 0.29) is 5.57 Å². The monoisotopic (exact) mass is 503 g/mol. The molecule has 4 nitrogen and oxygen atoms in total. The SMILES string of the molecule is Cc1c(/C=C(/C#N)C(=O)Nc2ccc(Cl)cc2)c2ccccc2n1Cc1ccc(Br)cc1. The molecule has 0 saturated heterocycles. The zero-order valence-corrected chi connectivity index (χ0v) is 19.6. The summed E-state index contributed by atoms with van der Waals surface area (Å²) in [4.78, 5) is 12.8. The van der Waals surface area contributed by atoms with E-state index in [1.54, 1.807) is 30.3 Å². The van der Waals surface area contributed by atoms with Gasteiger partial charge in [0.15, 0.2) is 0 Å². The largest absolute Gasteiger partial charge is 0.340 e. The summed E-state index contributed by atoms with van der Waals surface area (Å²) in [6, 6.07) is 25.0. The molecule has 1 aromatic heterocycles. The molecule has 4 rings (SSSR count). The van der Waals surface area contributed by atoms with E-state index in [0.29, 0.717) is 17.3 Å². The van der Waals surface area contributed by atoms with Crippen LogP contribution >= 0.6 is 27.5 Å². The Kier molecular flexibility index (Phi) is 6.45. The first kappa shape index (κ1) is 21.9. The molecule has 4 aromatic rings. The molecule has 0 radical (unpaired) electrons. The van der Waals surface area contributed by atoms with Crippen molar-refractivity contribution in [3.05, 3.63) is 105 Å². The molecule has 0 unspecified atom stereocenters. The molecule has 0 bridgehead atoms. The average molecular weight is 505 g/mol. The summed E-state index contributed by atoms with van der Waals surface area (Å²) in [5, 5.41) is 14.0.